The molecule has 0 saturated heterocycles. The predicted molar refractivity (Wildman–Crippen MR) is 149 cm³/mol. The fourth-order valence-electron chi connectivity index (χ4n) is 3.09. The summed E-state index contributed by atoms with van der Waals surface area (Å²) in [5, 5.41) is 13.1. The molecule has 0 aromatic heterocycles. The lowest BCUT2D eigenvalue weighted by Gasteiger charge is -2.33. The topological polar surface area (TPSA) is 156 Å². The Bertz CT molecular complexity index is 1030. The number of hydrogen-bond acceptors (Lipinski definition) is 11. The van der Waals surface area contributed by atoms with Crippen LogP contribution in [0.15, 0.2) is 18.2 Å². The number of benzene rings is 1. The average molecular weight is 584 g/mol. The van der Waals surface area contributed by atoms with Gasteiger partial charge in [0.05, 0.1) is 0 Å². The monoisotopic (exact) mass is 583 g/mol. The molecule has 4 unspecified atom stereocenters. The minimum atomic E-state index is -2.24. The number of carboxylic acid groups (broad SMARTS) is 1. The molecule has 0 aliphatic rings. The third kappa shape index (κ3) is 11.8. The molecule has 12 heteroatoms. The molecule has 232 valence electrons. The summed E-state index contributed by atoms with van der Waals surface area (Å²) < 4.78 is 31.6. The molecule has 0 spiro atoms. The summed E-state index contributed by atoms with van der Waals surface area (Å²) in [5.74, 6) is -1.89. The van der Waals surface area contributed by atoms with E-state index < -0.39 is 54.9 Å². The zero-order valence-electron chi connectivity index (χ0n) is 25.5. The molecule has 1 rings (SSSR count). The molecule has 0 bridgehead atoms. The average Bonchev–Trinajstić information content (AvgIpc) is 2.89. The Hall–Kier alpha value is -3.54. The first kappa shape index (κ1) is 35.5. The van der Waals surface area contributed by atoms with E-state index in [0.29, 0.717) is 19.3 Å². The second kappa shape index (κ2) is 16.7. The number of aliphatic carboxylic acids is 1. The van der Waals surface area contributed by atoms with Crippen molar-refractivity contribution in [3.8, 4) is 11.5 Å². The van der Waals surface area contributed by atoms with E-state index in [1.54, 1.807) is 27.7 Å². The number of carbonyl (C=O) groups is 4. The van der Waals surface area contributed by atoms with Crippen molar-refractivity contribution >= 4 is 24.4 Å². The van der Waals surface area contributed by atoms with Crippen LogP contribution in [-0.4, -0.2) is 59.6 Å². The quantitative estimate of drug-likeness (QED) is 0.104. The first-order chi connectivity index (χ1) is 19.2. The van der Waals surface area contributed by atoms with Gasteiger partial charge in [-0.15, -0.1) is 0 Å². The predicted octanol–water partition coefficient (Wildman–Crippen LogP) is 6.22. The molecule has 41 heavy (non-hydrogen) atoms. The molecule has 2 N–H and O–H groups in total. The summed E-state index contributed by atoms with van der Waals surface area (Å²) in [6, 6.07) is 3.68. The molecule has 0 radical (unpaired) electrons. The number of carboxylic acids is 1. The molecular weight excluding hydrogens is 538 g/mol. The molecule has 5 atom stereocenters. The van der Waals surface area contributed by atoms with Crippen molar-refractivity contribution in [2.24, 2.45) is 5.92 Å². The molecular formula is C29H45NO11. The summed E-state index contributed by atoms with van der Waals surface area (Å²) >= 11 is 0. The second-order valence-electron chi connectivity index (χ2n) is 10.3. The smallest absolute Gasteiger partial charge is 0.477 e. The number of carbonyl (C=O) groups excluding carboxylic acids is 3. The lowest BCUT2D eigenvalue weighted by molar-refractivity contribution is -0.168. The van der Waals surface area contributed by atoms with E-state index in [9.17, 15) is 24.3 Å². The number of rotatable bonds is 15. The highest BCUT2D eigenvalue weighted by molar-refractivity contribution is 5.80. The zero-order valence-corrected chi connectivity index (χ0v) is 25.5. The SMILES string of the molecule is CCC(C)N[C@@](Cc1ccc(OC(=O)OC(C)CC)c(OC(=O)OC(C)CC)c1)(OC(=O)OC(C)C(C)C)C(=O)O. The molecule has 0 aliphatic heterocycles. The lowest BCUT2D eigenvalue weighted by Crippen LogP contribution is -2.59. The Morgan fingerprint density at radius 3 is 1.78 bits per heavy atom. The van der Waals surface area contributed by atoms with Crippen molar-refractivity contribution < 1.29 is 52.7 Å². The summed E-state index contributed by atoms with van der Waals surface area (Å²) in [7, 11) is 0. The lowest BCUT2D eigenvalue weighted by atomic mass is 10.00. The summed E-state index contributed by atoms with van der Waals surface area (Å²) in [5.41, 5.74) is -1.97. The maximum absolute atomic E-state index is 12.7. The molecule has 0 saturated carbocycles. The van der Waals surface area contributed by atoms with Crippen molar-refractivity contribution in [3.63, 3.8) is 0 Å². The minimum absolute atomic E-state index is 0.0289. The van der Waals surface area contributed by atoms with Gasteiger partial charge in [-0.1, -0.05) is 40.7 Å². The van der Waals surface area contributed by atoms with Crippen molar-refractivity contribution in [3.05, 3.63) is 23.8 Å². The summed E-state index contributed by atoms with van der Waals surface area (Å²) in [4.78, 5) is 50.0. The first-order valence-corrected chi connectivity index (χ1v) is 14.0. The Balaban J connectivity index is 3.47. The second-order valence-corrected chi connectivity index (χ2v) is 10.3. The third-order valence-electron chi connectivity index (χ3n) is 6.51. The summed E-state index contributed by atoms with van der Waals surface area (Å²) in [6.45, 7) is 15.9. The van der Waals surface area contributed by atoms with Gasteiger partial charge in [-0.05, 0) is 70.6 Å². The van der Waals surface area contributed by atoms with Crippen LogP contribution >= 0.6 is 0 Å². The van der Waals surface area contributed by atoms with Gasteiger partial charge in [-0.2, -0.15) is 0 Å². The van der Waals surface area contributed by atoms with E-state index in [2.05, 4.69) is 5.32 Å². The van der Waals surface area contributed by atoms with E-state index in [1.807, 2.05) is 34.6 Å². The standard InChI is InChI=1S/C29H45NO11/c1-10-18(6)30-29(25(31)32,41-28(35)38-21(9)17(4)5)16-22-13-14-23(39-26(33)36-19(7)11-2)24(15-22)40-27(34)37-20(8)12-3/h13-15,17-21,30H,10-12,16H2,1-9H3,(H,31,32)/t18?,19?,20?,21?,29-/m0/s1. The van der Waals surface area contributed by atoms with Crippen molar-refractivity contribution in [1.82, 2.24) is 5.32 Å². The van der Waals surface area contributed by atoms with E-state index in [0.717, 1.165) is 0 Å². The Kier molecular flexibility index (Phi) is 14.4. The highest BCUT2D eigenvalue weighted by Gasteiger charge is 2.45. The van der Waals surface area contributed by atoms with Gasteiger partial charge >= 0.3 is 24.4 Å². The first-order valence-electron chi connectivity index (χ1n) is 14.0. The van der Waals surface area contributed by atoms with Crippen LogP contribution in [0.5, 0.6) is 11.5 Å². The maximum atomic E-state index is 12.7. The largest absolute Gasteiger partial charge is 0.514 e. The highest BCUT2D eigenvalue weighted by Crippen LogP contribution is 2.32. The van der Waals surface area contributed by atoms with Crippen LogP contribution in [0.3, 0.4) is 0 Å². The Morgan fingerprint density at radius 2 is 1.32 bits per heavy atom. The van der Waals surface area contributed by atoms with Crippen LogP contribution in [0.25, 0.3) is 0 Å². The molecule has 1 aromatic rings. The van der Waals surface area contributed by atoms with Crippen LogP contribution < -0.4 is 14.8 Å². The van der Waals surface area contributed by atoms with Gasteiger partial charge in [-0.3, -0.25) is 5.32 Å². The Labute approximate surface area is 241 Å². The van der Waals surface area contributed by atoms with E-state index in [1.165, 1.54) is 18.2 Å². The number of ether oxygens (including phenoxy) is 6. The van der Waals surface area contributed by atoms with Gasteiger partial charge in [-0.25, -0.2) is 19.2 Å². The van der Waals surface area contributed by atoms with Gasteiger partial charge < -0.3 is 33.5 Å². The van der Waals surface area contributed by atoms with Gasteiger partial charge in [0.15, 0.2) is 11.5 Å². The van der Waals surface area contributed by atoms with Crippen molar-refractivity contribution in [2.75, 3.05) is 0 Å². The zero-order chi connectivity index (χ0) is 31.3. The van der Waals surface area contributed by atoms with E-state index in [4.69, 9.17) is 28.4 Å². The fraction of sp³-hybridized carbons (Fsp3) is 0.655. The van der Waals surface area contributed by atoms with Gasteiger partial charge in [0, 0.05) is 12.5 Å². The molecule has 0 amide bonds. The van der Waals surface area contributed by atoms with Gasteiger partial charge in [0.2, 0.25) is 0 Å². The van der Waals surface area contributed by atoms with Gasteiger partial charge in [0.25, 0.3) is 5.72 Å². The van der Waals surface area contributed by atoms with Crippen LogP contribution in [-0.2, 0) is 30.2 Å². The van der Waals surface area contributed by atoms with Crippen molar-refractivity contribution in [1.29, 1.82) is 0 Å². The maximum Gasteiger partial charge on any atom is 0.514 e. The van der Waals surface area contributed by atoms with E-state index in [-0.39, 0.29) is 29.0 Å². The van der Waals surface area contributed by atoms with Crippen LogP contribution in [0.2, 0.25) is 0 Å². The van der Waals surface area contributed by atoms with Crippen molar-refractivity contribution in [2.45, 2.75) is 118 Å². The molecule has 1 aromatic carbocycles. The summed E-state index contributed by atoms with van der Waals surface area (Å²) in [6.07, 6.45) is -3.41. The van der Waals surface area contributed by atoms with Crippen LogP contribution in [0, 0.1) is 5.92 Å². The Morgan fingerprint density at radius 1 is 0.780 bits per heavy atom. The van der Waals surface area contributed by atoms with E-state index >= 15 is 0 Å². The third-order valence-corrected chi connectivity index (χ3v) is 6.51. The van der Waals surface area contributed by atoms with Gasteiger partial charge in [0.1, 0.15) is 18.3 Å². The normalized spacial score (nSPS) is 15.5. The number of hydrogen-bond donors (Lipinski definition) is 2. The fourth-order valence-corrected chi connectivity index (χ4v) is 3.09. The highest BCUT2D eigenvalue weighted by atomic mass is 16.8. The van der Waals surface area contributed by atoms with Crippen LogP contribution in [0.4, 0.5) is 14.4 Å². The molecule has 12 nitrogen and oxygen atoms in total. The molecule has 0 fully saturated rings. The molecule has 0 heterocycles. The van der Waals surface area contributed by atoms with Crippen LogP contribution in [0.1, 0.15) is 87.1 Å². The number of nitrogens with one attached hydrogen (secondary N) is 1. The minimum Gasteiger partial charge on any atom is -0.477 e. The molecule has 0 aliphatic carbocycles.